The Kier molecular flexibility index (Phi) is 3.09. The number of ether oxygens (including phenoxy) is 1. The number of fused-ring (bicyclic) bond motifs is 2. The summed E-state index contributed by atoms with van der Waals surface area (Å²) in [5.41, 5.74) is 2.65. The van der Waals surface area contributed by atoms with E-state index in [1.54, 1.807) is 0 Å². The van der Waals surface area contributed by atoms with E-state index in [0.29, 0.717) is 30.6 Å². The van der Waals surface area contributed by atoms with Gasteiger partial charge in [-0.3, -0.25) is 0 Å². The molecule has 0 atom stereocenters. The van der Waals surface area contributed by atoms with E-state index in [0.717, 1.165) is 35.7 Å². The topological polar surface area (TPSA) is 83.8 Å². The van der Waals surface area contributed by atoms with Crippen LogP contribution in [0.25, 0.3) is 22.6 Å². The first-order chi connectivity index (χ1) is 12.3. The number of hydrogen-bond acceptors (Lipinski definition) is 6. The van der Waals surface area contributed by atoms with Crippen molar-refractivity contribution in [3.8, 4) is 17.5 Å². The Bertz CT molecular complexity index is 1040. The second-order valence-electron chi connectivity index (χ2n) is 6.03. The maximum Gasteiger partial charge on any atom is 0.268 e. The smallest absolute Gasteiger partial charge is 0.268 e. The van der Waals surface area contributed by atoms with Gasteiger partial charge < -0.3 is 13.7 Å². The predicted molar refractivity (Wildman–Crippen MR) is 89.2 cm³/mol. The van der Waals surface area contributed by atoms with Crippen LogP contribution in [0.5, 0.6) is 5.88 Å². The quantitative estimate of drug-likeness (QED) is 0.571. The highest BCUT2D eigenvalue weighted by Crippen LogP contribution is 2.25. The molecule has 1 aromatic carbocycles. The van der Waals surface area contributed by atoms with Crippen LogP contribution in [0.2, 0.25) is 0 Å². The fraction of sp³-hybridized carbons (Fsp3) is 0.294. The fourth-order valence-electron chi connectivity index (χ4n) is 3.12. The lowest BCUT2D eigenvalue weighted by Gasteiger charge is -2.13. The van der Waals surface area contributed by atoms with E-state index in [2.05, 4.69) is 24.8 Å². The fourth-order valence-corrected chi connectivity index (χ4v) is 3.12. The molecule has 8 nitrogen and oxygen atoms in total. The Balaban J connectivity index is 1.46. The van der Waals surface area contributed by atoms with Gasteiger partial charge in [0.1, 0.15) is 12.4 Å². The number of rotatable bonds is 3. The van der Waals surface area contributed by atoms with Gasteiger partial charge in [0.2, 0.25) is 11.8 Å². The maximum atomic E-state index is 5.82. The van der Waals surface area contributed by atoms with E-state index in [-0.39, 0.29) is 0 Å². The van der Waals surface area contributed by atoms with Crippen molar-refractivity contribution in [1.29, 1.82) is 0 Å². The van der Waals surface area contributed by atoms with Gasteiger partial charge in [-0.15, -0.1) is 10.2 Å². The molecule has 5 rings (SSSR count). The molecular weight excluding hydrogens is 320 g/mol. The number of aryl methyl sites for hydroxylation is 2. The van der Waals surface area contributed by atoms with Crippen molar-refractivity contribution < 1.29 is 9.15 Å². The monoisotopic (exact) mass is 336 g/mol. The molecule has 0 aliphatic carbocycles. The highest BCUT2D eigenvalue weighted by Gasteiger charge is 2.19. The van der Waals surface area contributed by atoms with Gasteiger partial charge in [0.15, 0.2) is 5.69 Å². The third-order valence-corrected chi connectivity index (χ3v) is 4.33. The van der Waals surface area contributed by atoms with Crippen molar-refractivity contribution in [2.45, 2.75) is 26.4 Å². The molecule has 0 amide bonds. The Morgan fingerprint density at radius 2 is 2.12 bits per heavy atom. The van der Waals surface area contributed by atoms with Crippen molar-refractivity contribution in [3.05, 3.63) is 42.0 Å². The Hall–Kier alpha value is -3.16. The lowest BCUT2D eigenvalue weighted by atomic mass is 10.3. The molecule has 25 heavy (non-hydrogen) atoms. The van der Waals surface area contributed by atoms with Crippen molar-refractivity contribution in [2.24, 2.45) is 0 Å². The average Bonchev–Trinajstić information content (AvgIpc) is 3.33. The summed E-state index contributed by atoms with van der Waals surface area (Å²) in [6, 6.07) is 9.84. The van der Waals surface area contributed by atoms with Crippen LogP contribution in [-0.4, -0.2) is 36.1 Å². The van der Waals surface area contributed by atoms with Crippen molar-refractivity contribution in [1.82, 2.24) is 29.5 Å². The van der Waals surface area contributed by atoms with E-state index in [4.69, 9.17) is 9.15 Å². The van der Waals surface area contributed by atoms with Crippen molar-refractivity contribution >= 4 is 11.0 Å². The first kappa shape index (κ1) is 14.2. The summed E-state index contributed by atoms with van der Waals surface area (Å²) in [7, 11) is 0. The number of aromatic nitrogens is 6. The average molecular weight is 336 g/mol. The Morgan fingerprint density at radius 1 is 1.20 bits per heavy atom. The third-order valence-electron chi connectivity index (χ3n) is 4.33. The zero-order valence-electron chi connectivity index (χ0n) is 13.7. The summed E-state index contributed by atoms with van der Waals surface area (Å²) < 4.78 is 15.3. The number of benzene rings is 1. The second kappa shape index (κ2) is 5.44. The minimum absolute atomic E-state index is 0.405. The van der Waals surface area contributed by atoms with Crippen LogP contribution >= 0.6 is 0 Å². The summed E-state index contributed by atoms with van der Waals surface area (Å²) in [6.07, 6.45) is 0.955. The molecule has 4 heterocycles. The van der Waals surface area contributed by atoms with E-state index in [1.807, 2.05) is 41.9 Å². The summed E-state index contributed by atoms with van der Waals surface area (Å²) >= 11 is 0. The Morgan fingerprint density at radius 3 is 3.04 bits per heavy atom. The van der Waals surface area contributed by atoms with E-state index >= 15 is 0 Å². The van der Waals surface area contributed by atoms with E-state index in [1.165, 1.54) is 0 Å². The SMILES string of the molecule is Cc1nc2ccccc2n1Cc1nnc(-c2cc3n(n2)CCCO3)o1. The number of para-hydroxylation sites is 2. The molecule has 126 valence electrons. The van der Waals surface area contributed by atoms with Crippen LogP contribution in [0.4, 0.5) is 0 Å². The molecule has 8 heteroatoms. The standard InChI is InChI=1S/C17H16N6O2/c1-11-18-12-5-2-3-6-14(12)22(11)10-15-19-20-17(25-15)13-9-16-23(21-13)7-4-8-24-16/h2-3,5-6,9H,4,7-8,10H2,1H3. The minimum Gasteiger partial charge on any atom is -0.478 e. The molecule has 0 N–H and O–H groups in total. The van der Waals surface area contributed by atoms with Gasteiger partial charge in [0.05, 0.1) is 17.6 Å². The minimum atomic E-state index is 0.405. The van der Waals surface area contributed by atoms with Crippen LogP contribution in [0.1, 0.15) is 18.1 Å². The summed E-state index contributed by atoms with van der Waals surface area (Å²) in [5.74, 6) is 2.58. The molecule has 3 aromatic heterocycles. The summed E-state index contributed by atoms with van der Waals surface area (Å²) in [6.45, 7) is 4.01. The molecular formula is C17H16N6O2. The van der Waals surface area contributed by atoms with Gasteiger partial charge in [-0.25, -0.2) is 9.67 Å². The lowest BCUT2D eigenvalue weighted by molar-refractivity contribution is 0.230. The van der Waals surface area contributed by atoms with Crippen LogP contribution in [0.3, 0.4) is 0 Å². The molecule has 0 radical (unpaired) electrons. The highest BCUT2D eigenvalue weighted by atomic mass is 16.5. The summed E-state index contributed by atoms with van der Waals surface area (Å²) in [5, 5.41) is 12.8. The molecule has 1 aliphatic rings. The normalized spacial score (nSPS) is 13.8. The van der Waals surface area contributed by atoms with Crippen LogP contribution in [0, 0.1) is 6.92 Å². The van der Waals surface area contributed by atoms with Gasteiger partial charge >= 0.3 is 0 Å². The molecule has 0 unspecified atom stereocenters. The molecule has 0 saturated heterocycles. The van der Waals surface area contributed by atoms with Crippen LogP contribution in [0.15, 0.2) is 34.7 Å². The first-order valence-corrected chi connectivity index (χ1v) is 8.23. The highest BCUT2D eigenvalue weighted by molar-refractivity contribution is 5.75. The third kappa shape index (κ3) is 2.37. The summed E-state index contributed by atoms with van der Waals surface area (Å²) in [4.78, 5) is 4.56. The molecule has 4 aromatic rings. The second-order valence-corrected chi connectivity index (χ2v) is 6.03. The maximum absolute atomic E-state index is 5.82. The molecule has 0 bridgehead atoms. The largest absolute Gasteiger partial charge is 0.478 e. The number of hydrogen-bond donors (Lipinski definition) is 0. The van der Waals surface area contributed by atoms with Crippen molar-refractivity contribution in [3.63, 3.8) is 0 Å². The number of imidazole rings is 1. The predicted octanol–water partition coefficient (Wildman–Crippen LogP) is 2.42. The number of nitrogens with zero attached hydrogens (tertiary/aromatic N) is 6. The Labute approximate surface area is 143 Å². The van der Waals surface area contributed by atoms with Gasteiger partial charge in [-0.05, 0) is 19.1 Å². The van der Waals surface area contributed by atoms with E-state index in [9.17, 15) is 0 Å². The van der Waals surface area contributed by atoms with Crippen LogP contribution < -0.4 is 4.74 Å². The first-order valence-electron chi connectivity index (χ1n) is 8.23. The molecule has 0 spiro atoms. The molecule has 0 saturated carbocycles. The molecule has 1 aliphatic heterocycles. The van der Waals surface area contributed by atoms with Gasteiger partial charge in [0.25, 0.3) is 5.89 Å². The zero-order chi connectivity index (χ0) is 16.8. The van der Waals surface area contributed by atoms with Gasteiger partial charge in [0, 0.05) is 19.0 Å². The lowest BCUT2D eigenvalue weighted by Crippen LogP contribution is -2.14. The van der Waals surface area contributed by atoms with Gasteiger partial charge in [-0.2, -0.15) is 5.10 Å². The van der Waals surface area contributed by atoms with Crippen LogP contribution in [-0.2, 0) is 13.1 Å². The zero-order valence-corrected chi connectivity index (χ0v) is 13.7. The van der Waals surface area contributed by atoms with Gasteiger partial charge in [-0.1, -0.05) is 12.1 Å². The van der Waals surface area contributed by atoms with Crippen molar-refractivity contribution in [2.75, 3.05) is 6.61 Å². The molecule has 0 fully saturated rings. The van der Waals surface area contributed by atoms with E-state index < -0.39 is 0 Å².